The van der Waals surface area contributed by atoms with E-state index in [1.165, 1.54) is 24.8 Å². The summed E-state index contributed by atoms with van der Waals surface area (Å²) in [6, 6.07) is 0. The van der Waals surface area contributed by atoms with E-state index in [2.05, 4.69) is 25.1 Å². The van der Waals surface area contributed by atoms with Gasteiger partial charge in [-0.15, -0.1) is 0 Å². The Bertz CT molecular complexity index is 345. The van der Waals surface area contributed by atoms with Gasteiger partial charge in [0, 0.05) is 12.7 Å². The molecule has 1 aliphatic rings. The second-order valence-corrected chi connectivity index (χ2v) is 5.58. The van der Waals surface area contributed by atoms with E-state index in [1.54, 1.807) is 0 Å². The lowest BCUT2D eigenvalue weighted by Gasteiger charge is -2.34. The van der Waals surface area contributed by atoms with Gasteiger partial charge in [-0.05, 0) is 56.0 Å². The van der Waals surface area contributed by atoms with E-state index < -0.39 is 0 Å². The van der Waals surface area contributed by atoms with Crippen molar-refractivity contribution in [3.63, 3.8) is 0 Å². The average molecular weight is 235 g/mol. The van der Waals surface area contributed by atoms with Crippen molar-refractivity contribution in [1.82, 2.24) is 9.78 Å². The maximum absolute atomic E-state index is 5.90. The van der Waals surface area contributed by atoms with E-state index in [0.717, 1.165) is 37.3 Å². The summed E-state index contributed by atoms with van der Waals surface area (Å²) in [5.74, 6) is 2.35. The molecule has 0 saturated heterocycles. The van der Waals surface area contributed by atoms with Crippen molar-refractivity contribution in [1.29, 1.82) is 0 Å². The molecule has 0 bridgehead atoms. The van der Waals surface area contributed by atoms with Crippen molar-refractivity contribution in [2.75, 3.05) is 6.54 Å². The molecule has 0 aromatic carbocycles. The second kappa shape index (κ2) is 5.67. The summed E-state index contributed by atoms with van der Waals surface area (Å²) in [7, 11) is 0. The lowest BCUT2D eigenvalue weighted by atomic mass is 9.72. The Hall–Kier alpha value is -0.830. The molecule has 17 heavy (non-hydrogen) atoms. The number of aryl methyl sites for hydroxylation is 1. The zero-order valence-corrected chi connectivity index (χ0v) is 11.1. The Morgan fingerprint density at radius 1 is 1.41 bits per heavy atom. The zero-order valence-electron chi connectivity index (χ0n) is 11.1. The van der Waals surface area contributed by atoms with Crippen molar-refractivity contribution in [3.8, 4) is 0 Å². The number of rotatable bonds is 4. The lowest BCUT2D eigenvalue weighted by molar-refractivity contribution is 0.193. The highest BCUT2D eigenvalue weighted by molar-refractivity contribution is 5.06. The van der Waals surface area contributed by atoms with E-state index in [0.29, 0.717) is 0 Å². The summed E-state index contributed by atoms with van der Waals surface area (Å²) in [6.07, 6.45) is 9.37. The fraction of sp³-hybridized carbons (Fsp3) is 0.786. The predicted octanol–water partition coefficient (Wildman–Crippen LogP) is 2.46. The smallest absolute Gasteiger partial charge is 0.0521 e. The van der Waals surface area contributed by atoms with Gasteiger partial charge in [-0.2, -0.15) is 5.10 Å². The van der Waals surface area contributed by atoms with Crippen molar-refractivity contribution in [2.45, 2.75) is 46.1 Å². The Balaban J connectivity index is 1.99. The summed E-state index contributed by atoms with van der Waals surface area (Å²) in [4.78, 5) is 0. The molecule has 3 nitrogen and oxygen atoms in total. The molecule has 1 aromatic heterocycles. The monoisotopic (exact) mass is 235 g/mol. The van der Waals surface area contributed by atoms with Crippen molar-refractivity contribution in [2.24, 2.45) is 23.5 Å². The zero-order chi connectivity index (χ0) is 12.3. The van der Waals surface area contributed by atoms with Gasteiger partial charge in [-0.3, -0.25) is 4.68 Å². The van der Waals surface area contributed by atoms with Crippen LogP contribution in [-0.2, 0) is 13.0 Å². The summed E-state index contributed by atoms with van der Waals surface area (Å²) in [5, 5.41) is 4.36. The number of nitrogens with zero attached hydrogens (tertiary/aromatic N) is 2. The molecule has 0 radical (unpaired) electrons. The maximum atomic E-state index is 5.90. The van der Waals surface area contributed by atoms with Crippen molar-refractivity contribution >= 4 is 0 Å². The molecule has 0 spiro atoms. The van der Waals surface area contributed by atoms with Crippen LogP contribution in [0.2, 0.25) is 0 Å². The molecular weight excluding hydrogens is 210 g/mol. The SMILES string of the molecule is CCn1cc(CC2CC(C)CCC2CN)cn1. The van der Waals surface area contributed by atoms with Crippen LogP contribution in [0, 0.1) is 17.8 Å². The lowest BCUT2D eigenvalue weighted by Crippen LogP contribution is -2.30. The summed E-state index contributed by atoms with van der Waals surface area (Å²) >= 11 is 0. The Morgan fingerprint density at radius 3 is 2.88 bits per heavy atom. The van der Waals surface area contributed by atoms with Gasteiger partial charge in [-0.1, -0.05) is 13.3 Å². The Kier molecular flexibility index (Phi) is 4.21. The molecule has 3 heteroatoms. The van der Waals surface area contributed by atoms with Gasteiger partial charge in [0.1, 0.15) is 0 Å². The molecule has 1 fully saturated rings. The Labute approximate surface area is 104 Å². The van der Waals surface area contributed by atoms with Crippen LogP contribution >= 0.6 is 0 Å². The molecule has 1 heterocycles. The van der Waals surface area contributed by atoms with Gasteiger partial charge in [0.15, 0.2) is 0 Å². The first-order valence-electron chi connectivity index (χ1n) is 6.94. The molecule has 0 aliphatic heterocycles. The fourth-order valence-corrected chi connectivity index (χ4v) is 3.11. The molecule has 1 saturated carbocycles. The van der Waals surface area contributed by atoms with E-state index >= 15 is 0 Å². The van der Waals surface area contributed by atoms with Gasteiger partial charge in [0.25, 0.3) is 0 Å². The minimum Gasteiger partial charge on any atom is -0.330 e. The minimum atomic E-state index is 0.719. The van der Waals surface area contributed by atoms with Gasteiger partial charge in [0.05, 0.1) is 6.20 Å². The highest BCUT2D eigenvalue weighted by Crippen LogP contribution is 2.35. The first-order valence-corrected chi connectivity index (χ1v) is 6.94. The standard InChI is InChI=1S/C14H25N3/c1-3-17-10-12(9-16-17)7-14-6-11(2)4-5-13(14)8-15/h9-11,13-14H,3-8,15H2,1-2H3. The quantitative estimate of drug-likeness (QED) is 0.871. The first-order chi connectivity index (χ1) is 8.22. The normalized spacial score (nSPS) is 29.5. The van der Waals surface area contributed by atoms with Gasteiger partial charge in [-0.25, -0.2) is 0 Å². The first kappa shape index (κ1) is 12.6. The van der Waals surface area contributed by atoms with Crippen molar-refractivity contribution in [3.05, 3.63) is 18.0 Å². The minimum absolute atomic E-state index is 0.719. The largest absolute Gasteiger partial charge is 0.330 e. The molecule has 1 aliphatic carbocycles. The van der Waals surface area contributed by atoms with E-state index in [-0.39, 0.29) is 0 Å². The van der Waals surface area contributed by atoms with Gasteiger partial charge in [0.2, 0.25) is 0 Å². The third-order valence-corrected chi connectivity index (χ3v) is 4.21. The van der Waals surface area contributed by atoms with E-state index in [4.69, 9.17) is 5.73 Å². The topological polar surface area (TPSA) is 43.8 Å². The van der Waals surface area contributed by atoms with Crippen LogP contribution in [-0.4, -0.2) is 16.3 Å². The molecule has 3 unspecified atom stereocenters. The molecule has 1 aromatic rings. The molecular formula is C14H25N3. The van der Waals surface area contributed by atoms with Crippen LogP contribution in [0.25, 0.3) is 0 Å². The van der Waals surface area contributed by atoms with Crippen LogP contribution in [0.3, 0.4) is 0 Å². The number of hydrogen-bond donors (Lipinski definition) is 1. The van der Waals surface area contributed by atoms with Crippen LogP contribution in [0.15, 0.2) is 12.4 Å². The summed E-state index contributed by atoms with van der Waals surface area (Å²) < 4.78 is 2.01. The van der Waals surface area contributed by atoms with E-state index in [1.807, 2.05) is 10.9 Å². The third kappa shape index (κ3) is 3.09. The molecule has 96 valence electrons. The number of aromatic nitrogens is 2. The average Bonchev–Trinajstić information content (AvgIpc) is 2.77. The maximum Gasteiger partial charge on any atom is 0.0521 e. The van der Waals surface area contributed by atoms with Crippen LogP contribution in [0.4, 0.5) is 0 Å². The highest BCUT2D eigenvalue weighted by Gasteiger charge is 2.27. The third-order valence-electron chi connectivity index (χ3n) is 4.21. The van der Waals surface area contributed by atoms with Crippen LogP contribution in [0.5, 0.6) is 0 Å². The molecule has 0 amide bonds. The van der Waals surface area contributed by atoms with Crippen LogP contribution < -0.4 is 5.73 Å². The number of hydrogen-bond acceptors (Lipinski definition) is 2. The van der Waals surface area contributed by atoms with Gasteiger partial charge < -0.3 is 5.73 Å². The molecule has 2 N–H and O–H groups in total. The van der Waals surface area contributed by atoms with Crippen LogP contribution in [0.1, 0.15) is 38.7 Å². The molecule has 2 rings (SSSR count). The fourth-order valence-electron chi connectivity index (χ4n) is 3.11. The highest BCUT2D eigenvalue weighted by atomic mass is 15.3. The Morgan fingerprint density at radius 2 is 2.24 bits per heavy atom. The van der Waals surface area contributed by atoms with Gasteiger partial charge >= 0.3 is 0 Å². The van der Waals surface area contributed by atoms with E-state index in [9.17, 15) is 0 Å². The van der Waals surface area contributed by atoms with Crippen molar-refractivity contribution < 1.29 is 0 Å². The second-order valence-electron chi connectivity index (χ2n) is 5.58. The summed E-state index contributed by atoms with van der Waals surface area (Å²) in [6.45, 7) is 6.30. The summed E-state index contributed by atoms with van der Waals surface area (Å²) in [5.41, 5.74) is 7.28. The number of nitrogens with two attached hydrogens (primary N) is 1. The predicted molar refractivity (Wildman–Crippen MR) is 70.7 cm³/mol. The molecule has 3 atom stereocenters.